The van der Waals surface area contributed by atoms with Crippen molar-refractivity contribution >= 4 is 5.69 Å². The number of nitrogens with one attached hydrogen (secondary N) is 1. The van der Waals surface area contributed by atoms with Crippen molar-refractivity contribution in [3.8, 4) is 17.6 Å². The molecule has 3 N–H and O–H groups in total. The number of ether oxygens (including phenoxy) is 2. The molecule has 0 heterocycles. The van der Waals surface area contributed by atoms with E-state index in [-0.39, 0.29) is 13.2 Å². The Balaban J connectivity index is 2.79. The van der Waals surface area contributed by atoms with Gasteiger partial charge >= 0.3 is 0 Å². The molecule has 0 aliphatic heterocycles. The van der Waals surface area contributed by atoms with Gasteiger partial charge in [0.15, 0.2) is 0 Å². The average molecular weight is 399 g/mol. The van der Waals surface area contributed by atoms with Gasteiger partial charge in [-0.3, -0.25) is 0 Å². The lowest BCUT2D eigenvalue weighted by atomic mass is 9.83. The second-order valence-corrected chi connectivity index (χ2v) is 6.89. The van der Waals surface area contributed by atoms with E-state index in [4.69, 9.17) is 9.47 Å². The minimum atomic E-state index is -0.788. The number of aliphatic hydroxyl groups excluding tert-OH is 2. The predicted molar refractivity (Wildman–Crippen MR) is 112 cm³/mol. The Bertz CT molecular complexity index is 840. The molecule has 0 aliphatic rings. The van der Waals surface area contributed by atoms with Gasteiger partial charge in [-0.05, 0) is 29.3 Å². The van der Waals surface area contributed by atoms with E-state index in [0.29, 0.717) is 40.3 Å². The molecule has 1 unspecified atom stereocenters. The molecule has 156 valence electrons. The first kappa shape index (κ1) is 22.5. The lowest BCUT2D eigenvalue weighted by molar-refractivity contribution is 0.272. The van der Waals surface area contributed by atoms with Gasteiger partial charge in [-0.15, -0.1) is 0 Å². The molecule has 2 rings (SSSR count). The van der Waals surface area contributed by atoms with Crippen molar-refractivity contribution in [2.75, 3.05) is 40.3 Å². The number of rotatable bonds is 9. The molecule has 0 radical (unpaired) electrons. The third-order valence-corrected chi connectivity index (χ3v) is 4.88. The van der Waals surface area contributed by atoms with E-state index in [1.165, 1.54) is 0 Å². The van der Waals surface area contributed by atoms with Gasteiger partial charge in [0.1, 0.15) is 17.4 Å². The summed E-state index contributed by atoms with van der Waals surface area (Å²) in [4.78, 5) is 1.92. The Kier molecular flexibility index (Phi) is 7.85. The molecule has 0 bridgehead atoms. The number of nitriles is 1. The summed E-state index contributed by atoms with van der Waals surface area (Å²) in [6, 6.07) is 9.71. The van der Waals surface area contributed by atoms with Crippen molar-refractivity contribution in [1.29, 1.82) is 5.26 Å². The van der Waals surface area contributed by atoms with Crippen LogP contribution in [-0.2, 0) is 19.8 Å². The summed E-state index contributed by atoms with van der Waals surface area (Å²) in [5.74, 6) is 0.224. The summed E-state index contributed by atoms with van der Waals surface area (Å²) in [5.41, 5.74) is 4.11. The number of hydrogen-bond acceptors (Lipinski definition) is 7. The Hall–Kier alpha value is -2.79. The van der Waals surface area contributed by atoms with Gasteiger partial charge in [0, 0.05) is 38.5 Å². The molecule has 0 saturated heterocycles. The minimum absolute atomic E-state index is 0.252. The zero-order chi connectivity index (χ0) is 21.6. The second kappa shape index (κ2) is 10.1. The largest absolute Gasteiger partial charge is 0.496 e. The molecular weight excluding hydrogens is 370 g/mol. The summed E-state index contributed by atoms with van der Waals surface area (Å²) in [6.45, 7) is 0.0820. The third-order valence-electron chi connectivity index (χ3n) is 4.88. The first-order valence-corrected chi connectivity index (χ1v) is 9.29. The van der Waals surface area contributed by atoms with Crippen LogP contribution in [0.15, 0.2) is 24.3 Å². The Morgan fingerprint density at radius 2 is 1.52 bits per heavy atom. The molecule has 0 aliphatic carbocycles. The average Bonchev–Trinajstić information content (AvgIpc) is 2.74. The van der Waals surface area contributed by atoms with Crippen LogP contribution >= 0.6 is 0 Å². The molecule has 0 saturated carbocycles. The van der Waals surface area contributed by atoms with E-state index in [1.54, 1.807) is 14.2 Å². The molecule has 0 fully saturated rings. The number of hydrogen-bond donors (Lipinski definition) is 3. The van der Waals surface area contributed by atoms with Crippen molar-refractivity contribution < 1.29 is 19.7 Å². The van der Waals surface area contributed by atoms with Crippen LogP contribution in [0.3, 0.4) is 0 Å². The highest BCUT2D eigenvalue weighted by molar-refractivity contribution is 5.64. The van der Waals surface area contributed by atoms with Crippen LogP contribution in [0.1, 0.15) is 33.7 Å². The van der Waals surface area contributed by atoms with Crippen LogP contribution in [0.25, 0.3) is 0 Å². The Labute approximate surface area is 172 Å². The molecule has 29 heavy (non-hydrogen) atoms. The maximum atomic E-state index is 10.1. The highest BCUT2D eigenvalue weighted by Crippen LogP contribution is 2.43. The molecule has 0 spiro atoms. The highest BCUT2D eigenvalue weighted by Gasteiger charge is 2.28. The van der Waals surface area contributed by atoms with Crippen LogP contribution in [-0.4, -0.2) is 45.6 Å². The minimum Gasteiger partial charge on any atom is -0.496 e. The fourth-order valence-corrected chi connectivity index (χ4v) is 3.53. The van der Waals surface area contributed by atoms with Gasteiger partial charge in [0.2, 0.25) is 0 Å². The van der Waals surface area contributed by atoms with E-state index in [9.17, 15) is 15.5 Å². The van der Waals surface area contributed by atoms with Gasteiger partial charge in [0.05, 0.1) is 39.1 Å². The van der Waals surface area contributed by atoms with E-state index < -0.39 is 5.92 Å². The number of benzene rings is 2. The molecule has 0 amide bonds. The SMILES string of the molecule is CNCc1cc(CO)c(C(C#N)c2c(OC)cc(N(C)C)cc2OC)c(CO)c1. The maximum Gasteiger partial charge on any atom is 0.129 e. The third kappa shape index (κ3) is 4.62. The lowest BCUT2D eigenvalue weighted by Crippen LogP contribution is -2.14. The monoisotopic (exact) mass is 399 g/mol. The Morgan fingerprint density at radius 1 is 1.00 bits per heavy atom. The van der Waals surface area contributed by atoms with Gasteiger partial charge in [0.25, 0.3) is 0 Å². The van der Waals surface area contributed by atoms with Crippen molar-refractivity contribution in [2.45, 2.75) is 25.7 Å². The summed E-state index contributed by atoms with van der Waals surface area (Å²) in [6.07, 6.45) is 0. The number of anilines is 1. The van der Waals surface area contributed by atoms with Gasteiger partial charge in [-0.2, -0.15) is 5.26 Å². The van der Waals surface area contributed by atoms with Crippen molar-refractivity contribution in [1.82, 2.24) is 5.32 Å². The lowest BCUT2D eigenvalue weighted by Gasteiger charge is -2.24. The quantitative estimate of drug-likeness (QED) is 0.594. The smallest absolute Gasteiger partial charge is 0.129 e. The standard InChI is InChI=1S/C22H29N3O4/c1-24-11-14-6-15(12-26)21(16(7-14)13-27)18(10-23)22-19(28-4)8-17(25(2)3)9-20(22)29-5/h6-9,18,24,26-27H,11-13H2,1-5H3. The fourth-order valence-electron chi connectivity index (χ4n) is 3.53. The van der Waals surface area contributed by atoms with E-state index in [2.05, 4.69) is 11.4 Å². The molecule has 2 aromatic carbocycles. The fraction of sp³-hybridized carbons (Fsp3) is 0.409. The normalized spacial score (nSPS) is 11.7. The zero-order valence-electron chi connectivity index (χ0n) is 17.6. The summed E-state index contributed by atoms with van der Waals surface area (Å²) < 4.78 is 11.2. The Morgan fingerprint density at radius 3 is 1.86 bits per heavy atom. The summed E-state index contributed by atoms with van der Waals surface area (Å²) in [7, 11) is 8.73. The number of aliphatic hydroxyl groups is 2. The van der Waals surface area contributed by atoms with Gasteiger partial charge < -0.3 is 29.9 Å². The van der Waals surface area contributed by atoms with E-state index in [0.717, 1.165) is 11.3 Å². The molecular formula is C22H29N3O4. The summed E-state index contributed by atoms with van der Waals surface area (Å²) in [5, 5.41) is 33.2. The van der Waals surface area contributed by atoms with Gasteiger partial charge in [-0.25, -0.2) is 0 Å². The number of methoxy groups -OCH3 is 2. The van der Waals surface area contributed by atoms with Crippen LogP contribution in [0, 0.1) is 11.3 Å². The first-order chi connectivity index (χ1) is 13.9. The van der Waals surface area contributed by atoms with Crippen LogP contribution in [0.2, 0.25) is 0 Å². The van der Waals surface area contributed by atoms with Crippen LogP contribution in [0.5, 0.6) is 11.5 Å². The first-order valence-electron chi connectivity index (χ1n) is 9.29. The van der Waals surface area contributed by atoms with Gasteiger partial charge in [-0.1, -0.05) is 12.1 Å². The van der Waals surface area contributed by atoms with Crippen molar-refractivity contribution in [3.63, 3.8) is 0 Å². The second-order valence-electron chi connectivity index (χ2n) is 6.89. The maximum absolute atomic E-state index is 10.1. The highest BCUT2D eigenvalue weighted by atomic mass is 16.5. The van der Waals surface area contributed by atoms with Crippen molar-refractivity contribution in [2.24, 2.45) is 0 Å². The molecule has 2 aromatic rings. The topological polar surface area (TPSA) is 98.0 Å². The summed E-state index contributed by atoms with van der Waals surface area (Å²) >= 11 is 0. The predicted octanol–water partition coefficient (Wildman–Crippen LogP) is 2.13. The molecule has 1 atom stereocenters. The van der Waals surface area contributed by atoms with Crippen LogP contribution in [0.4, 0.5) is 5.69 Å². The van der Waals surface area contributed by atoms with Crippen molar-refractivity contribution in [3.05, 3.63) is 52.1 Å². The van der Waals surface area contributed by atoms with E-state index in [1.807, 2.05) is 50.3 Å². The zero-order valence-corrected chi connectivity index (χ0v) is 17.6. The van der Waals surface area contributed by atoms with Crippen LogP contribution < -0.4 is 19.7 Å². The van der Waals surface area contributed by atoms with E-state index >= 15 is 0 Å². The molecule has 7 heteroatoms. The molecule has 0 aromatic heterocycles. The molecule has 7 nitrogen and oxygen atoms in total. The number of nitrogens with zero attached hydrogens (tertiary/aromatic N) is 2.